The molecule has 1 atom stereocenters. The van der Waals surface area contributed by atoms with E-state index in [0.29, 0.717) is 30.1 Å². The molecule has 1 aromatic heterocycles. The van der Waals surface area contributed by atoms with E-state index in [-0.39, 0.29) is 28.2 Å². The Bertz CT molecular complexity index is 1200. The zero-order valence-electron chi connectivity index (χ0n) is 17.3. The van der Waals surface area contributed by atoms with E-state index in [2.05, 4.69) is 20.8 Å². The molecule has 0 aliphatic carbocycles. The third kappa shape index (κ3) is 5.52. The summed E-state index contributed by atoms with van der Waals surface area (Å²) in [6, 6.07) is 12.6. The van der Waals surface area contributed by atoms with Gasteiger partial charge < -0.3 is 15.5 Å². The van der Waals surface area contributed by atoms with Gasteiger partial charge in [-0.05, 0) is 43.2 Å². The quantitative estimate of drug-likeness (QED) is 0.564. The Kier molecular flexibility index (Phi) is 6.95. The molecule has 3 amide bonds. The van der Waals surface area contributed by atoms with Crippen LogP contribution in [0.2, 0.25) is 5.02 Å². The Labute approximate surface area is 197 Å². The van der Waals surface area contributed by atoms with Crippen LogP contribution in [0.1, 0.15) is 32.4 Å². The number of aromatic nitrogens is 2. The number of hydrogen-bond acceptors (Lipinski definition) is 6. The van der Waals surface area contributed by atoms with E-state index in [1.807, 2.05) is 0 Å². The molecular weight excluding hydrogens is 469 g/mol. The van der Waals surface area contributed by atoms with E-state index in [1.54, 1.807) is 30.3 Å². The molecule has 11 heteroatoms. The van der Waals surface area contributed by atoms with Crippen LogP contribution in [0.3, 0.4) is 0 Å². The Morgan fingerprint density at radius 2 is 1.85 bits per heavy atom. The maximum Gasteiger partial charge on any atom is 0.286 e. The zero-order chi connectivity index (χ0) is 23.4. The number of carbonyl (C=O) groups excluding carboxylic acids is 3. The van der Waals surface area contributed by atoms with Gasteiger partial charge in [-0.25, -0.2) is 4.39 Å². The second-order valence-corrected chi connectivity index (χ2v) is 8.85. The monoisotopic (exact) mass is 487 g/mol. The highest BCUT2D eigenvalue weighted by Crippen LogP contribution is 2.23. The molecule has 2 N–H and O–H groups in total. The van der Waals surface area contributed by atoms with Crippen molar-refractivity contribution in [1.82, 2.24) is 15.1 Å². The molecule has 4 rings (SSSR count). The lowest BCUT2D eigenvalue weighted by atomic mass is 9.97. The smallest absolute Gasteiger partial charge is 0.286 e. The molecule has 0 spiro atoms. The Hall–Kier alpha value is -3.37. The molecule has 1 aliphatic heterocycles. The summed E-state index contributed by atoms with van der Waals surface area (Å²) < 4.78 is 13.8. The minimum Gasteiger partial charge on any atom is -0.336 e. The van der Waals surface area contributed by atoms with Gasteiger partial charge in [0.25, 0.3) is 11.8 Å². The van der Waals surface area contributed by atoms with Crippen molar-refractivity contribution in [3.8, 4) is 0 Å². The number of hydrogen-bond donors (Lipinski definition) is 2. The standard InChI is InChI=1S/C22H19ClFN5O3S/c23-14-6-3-7-15(11-14)25-19(31)20-27-28-21(33-20)22(32)29-10-4-5-13(12-29)18(30)26-17-9-2-1-8-16(17)24/h1-3,6-9,11,13H,4-5,10,12H2,(H,25,31)(H,26,30). The van der Waals surface area contributed by atoms with E-state index in [4.69, 9.17) is 11.6 Å². The minimum absolute atomic E-state index is 0.0316. The number of para-hydroxylation sites is 1. The van der Waals surface area contributed by atoms with Crippen LogP contribution in [0.25, 0.3) is 0 Å². The fourth-order valence-electron chi connectivity index (χ4n) is 3.46. The Balaban J connectivity index is 1.39. The first kappa shape index (κ1) is 22.8. The fraction of sp³-hybridized carbons (Fsp3) is 0.227. The number of rotatable bonds is 5. The lowest BCUT2D eigenvalue weighted by molar-refractivity contribution is -0.121. The first-order valence-electron chi connectivity index (χ1n) is 10.2. The molecule has 0 bridgehead atoms. The number of likely N-dealkylation sites (tertiary alicyclic amines) is 1. The van der Waals surface area contributed by atoms with Gasteiger partial charge in [0.15, 0.2) is 0 Å². The van der Waals surface area contributed by atoms with E-state index < -0.39 is 23.5 Å². The number of anilines is 2. The average molecular weight is 488 g/mol. The van der Waals surface area contributed by atoms with Crippen LogP contribution in [-0.4, -0.2) is 45.9 Å². The van der Waals surface area contributed by atoms with Gasteiger partial charge in [0.2, 0.25) is 15.9 Å². The van der Waals surface area contributed by atoms with Crippen LogP contribution < -0.4 is 10.6 Å². The highest BCUT2D eigenvalue weighted by molar-refractivity contribution is 7.15. The summed E-state index contributed by atoms with van der Waals surface area (Å²) in [5, 5.41) is 13.5. The molecule has 1 fully saturated rings. The highest BCUT2D eigenvalue weighted by atomic mass is 35.5. The van der Waals surface area contributed by atoms with Crippen molar-refractivity contribution in [1.29, 1.82) is 0 Å². The fourth-order valence-corrected chi connectivity index (χ4v) is 4.36. The maximum atomic E-state index is 13.8. The summed E-state index contributed by atoms with van der Waals surface area (Å²) in [5.74, 6) is -2.27. The van der Waals surface area contributed by atoms with Gasteiger partial charge in [0.05, 0.1) is 11.6 Å². The van der Waals surface area contributed by atoms with Crippen molar-refractivity contribution in [3.05, 3.63) is 69.4 Å². The molecule has 170 valence electrons. The summed E-state index contributed by atoms with van der Waals surface area (Å²) in [6.07, 6.45) is 1.19. The van der Waals surface area contributed by atoms with Gasteiger partial charge in [-0.2, -0.15) is 0 Å². The molecule has 8 nitrogen and oxygen atoms in total. The number of benzene rings is 2. The SMILES string of the molecule is O=C(Nc1cccc(Cl)c1)c1nnc(C(=O)N2CCCC(C(=O)Nc3ccccc3F)C2)s1. The number of nitrogens with one attached hydrogen (secondary N) is 2. The van der Waals surface area contributed by atoms with Crippen molar-refractivity contribution in [3.63, 3.8) is 0 Å². The predicted octanol–water partition coefficient (Wildman–Crippen LogP) is 4.07. The van der Waals surface area contributed by atoms with Crippen LogP contribution >= 0.6 is 22.9 Å². The number of halogens is 2. The van der Waals surface area contributed by atoms with Crippen LogP contribution in [0.4, 0.5) is 15.8 Å². The summed E-state index contributed by atoms with van der Waals surface area (Å²) in [6.45, 7) is 0.620. The van der Waals surface area contributed by atoms with Crippen LogP contribution in [0.5, 0.6) is 0 Å². The molecule has 0 saturated carbocycles. The van der Waals surface area contributed by atoms with E-state index in [9.17, 15) is 18.8 Å². The van der Waals surface area contributed by atoms with E-state index in [0.717, 1.165) is 11.3 Å². The summed E-state index contributed by atoms with van der Waals surface area (Å²) in [5.41, 5.74) is 0.598. The normalized spacial score (nSPS) is 15.7. The maximum absolute atomic E-state index is 13.8. The molecule has 2 heterocycles. The molecule has 0 radical (unpaired) electrons. The van der Waals surface area contributed by atoms with Gasteiger partial charge in [-0.1, -0.05) is 41.1 Å². The molecule has 1 aliphatic rings. The molecule has 3 aromatic rings. The largest absolute Gasteiger partial charge is 0.336 e. The first-order chi connectivity index (χ1) is 15.9. The highest BCUT2D eigenvalue weighted by Gasteiger charge is 2.31. The van der Waals surface area contributed by atoms with Crippen LogP contribution in [-0.2, 0) is 4.79 Å². The summed E-state index contributed by atoms with van der Waals surface area (Å²) >= 11 is 6.79. The minimum atomic E-state index is -0.521. The second kappa shape index (κ2) is 10.1. The lowest BCUT2D eigenvalue weighted by Crippen LogP contribution is -2.43. The Morgan fingerprint density at radius 3 is 2.64 bits per heavy atom. The zero-order valence-corrected chi connectivity index (χ0v) is 18.8. The average Bonchev–Trinajstić information content (AvgIpc) is 3.31. The number of piperidine rings is 1. The molecule has 1 unspecified atom stereocenters. The third-order valence-corrected chi connectivity index (χ3v) is 6.24. The van der Waals surface area contributed by atoms with Gasteiger partial charge in [-0.15, -0.1) is 10.2 Å². The van der Waals surface area contributed by atoms with Crippen molar-refractivity contribution in [2.45, 2.75) is 12.8 Å². The molecule has 2 aromatic carbocycles. The van der Waals surface area contributed by atoms with E-state index in [1.165, 1.54) is 23.1 Å². The molecule has 33 heavy (non-hydrogen) atoms. The van der Waals surface area contributed by atoms with Crippen molar-refractivity contribution in [2.24, 2.45) is 5.92 Å². The number of carbonyl (C=O) groups is 3. The lowest BCUT2D eigenvalue weighted by Gasteiger charge is -2.31. The van der Waals surface area contributed by atoms with Crippen LogP contribution in [0.15, 0.2) is 48.5 Å². The molecule has 1 saturated heterocycles. The van der Waals surface area contributed by atoms with Gasteiger partial charge in [0, 0.05) is 23.8 Å². The predicted molar refractivity (Wildman–Crippen MR) is 123 cm³/mol. The van der Waals surface area contributed by atoms with Gasteiger partial charge in [0.1, 0.15) is 5.82 Å². The van der Waals surface area contributed by atoms with Crippen molar-refractivity contribution in [2.75, 3.05) is 23.7 Å². The second-order valence-electron chi connectivity index (χ2n) is 7.44. The van der Waals surface area contributed by atoms with Crippen molar-refractivity contribution < 1.29 is 18.8 Å². The van der Waals surface area contributed by atoms with Gasteiger partial charge in [-0.3, -0.25) is 14.4 Å². The summed E-state index contributed by atoms with van der Waals surface area (Å²) in [7, 11) is 0. The molecular formula is C22H19ClFN5O3S. The number of nitrogens with zero attached hydrogens (tertiary/aromatic N) is 3. The first-order valence-corrected chi connectivity index (χ1v) is 11.4. The topological polar surface area (TPSA) is 104 Å². The number of amides is 3. The van der Waals surface area contributed by atoms with Crippen molar-refractivity contribution >= 4 is 52.0 Å². The van der Waals surface area contributed by atoms with Crippen LogP contribution in [0, 0.1) is 11.7 Å². The van der Waals surface area contributed by atoms with Gasteiger partial charge >= 0.3 is 0 Å². The van der Waals surface area contributed by atoms with E-state index >= 15 is 0 Å². The Morgan fingerprint density at radius 1 is 1.06 bits per heavy atom. The third-order valence-electron chi connectivity index (χ3n) is 5.10. The summed E-state index contributed by atoms with van der Waals surface area (Å²) in [4.78, 5) is 39.5.